The molecular weight excluding hydrogens is 444 g/mol. The van der Waals surface area contributed by atoms with Crippen LogP contribution in [0.15, 0.2) is 42.5 Å². The second kappa shape index (κ2) is 10.2. The maximum atomic E-state index is 13.9. The number of piperidine rings is 1. The van der Waals surface area contributed by atoms with Crippen LogP contribution < -0.4 is 9.47 Å². The first-order chi connectivity index (χ1) is 16.7. The lowest BCUT2D eigenvalue weighted by Crippen LogP contribution is -2.48. The van der Waals surface area contributed by atoms with E-state index < -0.39 is 5.60 Å². The highest BCUT2D eigenvalue weighted by Crippen LogP contribution is 2.42. The molecule has 4 rings (SSSR count). The van der Waals surface area contributed by atoms with Gasteiger partial charge < -0.3 is 24.0 Å². The van der Waals surface area contributed by atoms with E-state index in [2.05, 4.69) is 12.1 Å². The monoisotopic (exact) mass is 480 g/mol. The number of hydrogen-bond donors (Lipinski definition) is 0. The Kier molecular flexibility index (Phi) is 7.24. The molecule has 2 aliphatic heterocycles. The Bertz CT molecular complexity index is 1060. The predicted molar refractivity (Wildman–Crippen MR) is 134 cm³/mol. The molecule has 0 aliphatic carbocycles. The van der Waals surface area contributed by atoms with Gasteiger partial charge in [0.15, 0.2) is 11.5 Å². The van der Waals surface area contributed by atoms with Crippen molar-refractivity contribution in [2.45, 2.75) is 51.7 Å². The Hall–Kier alpha value is -3.22. The second-order valence-corrected chi connectivity index (χ2v) is 10.2. The minimum atomic E-state index is -0.530. The third-order valence-electron chi connectivity index (χ3n) is 6.77. The molecule has 1 saturated heterocycles. The average Bonchev–Trinajstić information content (AvgIpc) is 2.86. The van der Waals surface area contributed by atoms with E-state index in [1.165, 1.54) is 5.56 Å². The van der Waals surface area contributed by atoms with Crippen LogP contribution in [0.5, 0.6) is 11.5 Å². The summed E-state index contributed by atoms with van der Waals surface area (Å²) < 4.78 is 16.6. The van der Waals surface area contributed by atoms with Gasteiger partial charge in [0.05, 0.1) is 20.3 Å². The molecule has 0 radical (unpaired) electrons. The third kappa shape index (κ3) is 5.39. The van der Waals surface area contributed by atoms with Crippen LogP contribution in [0.3, 0.4) is 0 Å². The Labute approximate surface area is 207 Å². The molecule has 7 nitrogen and oxygen atoms in total. The van der Waals surface area contributed by atoms with Crippen molar-refractivity contribution in [3.63, 3.8) is 0 Å². The van der Waals surface area contributed by atoms with Crippen molar-refractivity contribution in [2.24, 2.45) is 5.92 Å². The number of benzene rings is 2. The number of methoxy groups -OCH3 is 2. The summed E-state index contributed by atoms with van der Waals surface area (Å²) in [6, 6.07) is 14.0. The smallest absolute Gasteiger partial charge is 0.410 e. The number of hydrogen-bond acceptors (Lipinski definition) is 5. The van der Waals surface area contributed by atoms with E-state index in [-0.39, 0.29) is 24.0 Å². The van der Waals surface area contributed by atoms with Crippen molar-refractivity contribution < 1.29 is 23.8 Å². The molecule has 1 unspecified atom stereocenters. The third-order valence-corrected chi connectivity index (χ3v) is 6.77. The summed E-state index contributed by atoms with van der Waals surface area (Å²) in [6.45, 7) is 7.28. The number of carbonyl (C=O) groups excluding carboxylic acids is 2. The fraction of sp³-hybridized carbons (Fsp3) is 0.500. The Morgan fingerprint density at radius 2 is 1.54 bits per heavy atom. The zero-order valence-corrected chi connectivity index (χ0v) is 21.4. The number of ether oxygens (including phenoxy) is 3. The fourth-order valence-corrected chi connectivity index (χ4v) is 5.05. The molecule has 0 bridgehead atoms. The molecule has 2 amide bonds. The normalized spacial score (nSPS) is 18.6. The molecule has 7 heteroatoms. The fourth-order valence-electron chi connectivity index (χ4n) is 5.05. The highest BCUT2D eigenvalue weighted by atomic mass is 16.6. The van der Waals surface area contributed by atoms with E-state index in [4.69, 9.17) is 14.2 Å². The van der Waals surface area contributed by atoms with Crippen molar-refractivity contribution in [1.29, 1.82) is 0 Å². The summed E-state index contributed by atoms with van der Waals surface area (Å²) in [6.07, 6.45) is 1.71. The van der Waals surface area contributed by atoms with Gasteiger partial charge in [0.1, 0.15) is 5.60 Å². The molecule has 1 fully saturated rings. The van der Waals surface area contributed by atoms with Gasteiger partial charge in [0.25, 0.3) is 0 Å². The first-order valence-corrected chi connectivity index (χ1v) is 12.3. The number of rotatable bonds is 4. The van der Waals surface area contributed by atoms with Gasteiger partial charge in [0.2, 0.25) is 5.91 Å². The number of nitrogens with zero attached hydrogens (tertiary/aromatic N) is 2. The summed E-state index contributed by atoms with van der Waals surface area (Å²) in [4.78, 5) is 30.1. The highest BCUT2D eigenvalue weighted by molar-refractivity contribution is 5.81. The van der Waals surface area contributed by atoms with Crippen molar-refractivity contribution in [3.05, 3.63) is 59.2 Å². The molecule has 2 aromatic carbocycles. The van der Waals surface area contributed by atoms with E-state index in [1.54, 1.807) is 19.1 Å². The van der Waals surface area contributed by atoms with Gasteiger partial charge in [-0.2, -0.15) is 0 Å². The summed E-state index contributed by atoms with van der Waals surface area (Å²) >= 11 is 0. The van der Waals surface area contributed by atoms with E-state index >= 15 is 0 Å². The topological polar surface area (TPSA) is 68.3 Å². The second-order valence-electron chi connectivity index (χ2n) is 10.2. The molecular formula is C28H36N2O5. The van der Waals surface area contributed by atoms with Crippen LogP contribution in [0.1, 0.15) is 56.3 Å². The largest absolute Gasteiger partial charge is 0.493 e. The Morgan fingerprint density at radius 3 is 2.14 bits per heavy atom. The molecule has 0 aromatic heterocycles. The van der Waals surface area contributed by atoms with Crippen molar-refractivity contribution >= 4 is 12.0 Å². The molecule has 0 N–H and O–H groups in total. The van der Waals surface area contributed by atoms with Gasteiger partial charge in [-0.1, -0.05) is 30.3 Å². The minimum Gasteiger partial charge on any atom is -0.493 e. The quantitative estimate of drug-likeness (QED) is 0.627. The number of likely N-dealkylation sites (tertiary alicyclic amines) is 1. The summed E-state index contributed by atoms with van der Waals surface area (Å²) in [5, 5.41) is 0. The van der Waals surface area contributed by atoms with Crippen LogP contribution in [-0.4, -0.2) is 61.3 Å². The van der Waals surface area contributed by atoms with Gasteiger partial charge in [-0.15, -0.1) is 0 Å². The lowest BCUT2D eigenvalue weighted by Gasteiger charge is -2.41. The SMILES string of the molecule is COc1cc2c(cc1OC)C(c1ccccc1)N(C(=O)C1CCN(C(=O)OC(C)(C)C)CC1)CC2. The zero-order chi connectivity index (χ0) is 25.2. The molecule has 2 aromatic rings. The Morgan fingerprint density at radius 1 is 0.914 bits per heavy atom. The van der Waals surface area contributed by atoms with Crippen LogP contribution in [0, 0.1) is 5.92 Å². The van der Waals surface area contributed by atoms with Gasteiger partial charge >= 0.3 is 6.09 Å². The van der Waals surface area contributed by atoms with Crippen LogP contribution in [-0.2, 0) is 16.0 Å². The zero-order valence-electron chi connectivity index (χ0n) is 21.4. The van der Waals surface area contributed by atoms with E-state index in [9.17, 15) is 9.59 Å². The molecule has 188 valence electrons. The first kappa shape index (κ1) is 24.9. The van der Waals surface area contributed by atoms with Gasteiger partial charge in [-0.05, 0) is 68.9 Å². The molecule has 0 saturated carbocycles. The maximum Gasteiger partial charge on any atom is 0.410 e. The molecule has 35 heavy (non-hydrogen) atoms. The number of fused-ring (bicyclic) bond motifs is 1. The predicted octanol–water partition coefficient (Wildman–Crippen LogP) is 4.83. The molecule has 0 spiro atoms. The van der Waals surface area contributed by atoms with Crippen LogP contribution in [0.25, 0.3) is 0 Å². The Balaban J connectivity index is 1.57. The average molecular weight is 481 g/mol. The molecule has 2 heterocycles. The van der Waals surface area contributed by atoms with Gasteiger partial charge in [0, 0.05) is 25.6 Å². The first-order valence-electron chi connectivity index (χ1n) is 12.3. The van der Waals surface area contributed by atoms with Crippen LogP contribution >= 0.6 is 0 Å². The summed E-state index contributed by atoms with van der Waals surface area (Å²) in [5.74, 6) is 1.38. The highest BCUT2D eigenvalue weighted by Gasteiger charge is 2.38. The van der Waals surface area contributed by atoms with Crippen molar-refractivity contribution in [2.75, 3.05) is 33.9 Å². The molecule has 2 aliphatic rings. The van der Waals surface area contributed by atoms with Gasteiger partial charge in [-0.25, -0.2) is 4.79 Å². The van der Waals surface area contributed by atoms with Crippen molar-refractivity contribution in [3.8, 4) is 11.5 Å². The maximum absolute atomic E-state index is 13.9. The number of amides is 2. The van der Waals surface area contributed by atoms with E-state index in [1.807, 2.05) is 56.0 Å². The molecule has 1 atom stereocenters. The van der Waals surface area contributed by atoms with E-state index in [0.717, 1.165) is 17.5 Å². The number of carbonyl (C=O) groups is 2. The van der Waals surface area contributed by atoms with Gasteiger partial charge in [-0.3, -0.25) is 4.79 Å². The lowest BCUT2D eigenvalue weighted by molar-refractivity contribution is -0.139. The lowest BCUT2D eigenvalue weighted by atomic mass is 9.85. The summed E-state index contributed by atoms with van der Waals surface area (Å²) in [5.41, 5.74) is 2.78. The standard InChI is InChI=1S/C28H36N2O5/c1-28(2,3)35-27(32)29-14-11-20(12-15-29)26(31)30-16-13-21-17-23(33-4)24(34-5)18-22(21)25(30)19-9-7-6-8-10-19/h6-10,17-18,20,25H,11-16H2,1-5H3. The minimum absolute atomic E-state index is 0.124. The van der Waals surface area contributed by atoms with Crippen LogP contribution in [0.2, 0.25) is 0 Å². The summed E-state index contributed by atoms with van der Waals surface area (Å²) in [7, 11) is 3.27. The van der Waals surface area contributed by atoms with E-state index in [0.29, 0.717) is 44.0 Å². The van der Waals surface area contributed by atoms with Crippen molar-refractivity contribution in [1.82, 2.24) is 9.80 Å². The van der Waals surface area contributed by atoms with Crippen LogP contribution in [0.4, 0.5) is 4.79 Å².